The predicted molar refractivity (Wildman–Crippen MR) is 49.7 cm³/mol. The van der Waals surface area contributed by atoms with E-state index in [0.717, 1.165) is 19.3 Å². The summed E-state index contributed by atoms with van der Waals surface area (Å²) < 4.78 is 4.92. The number of esters is 1. The number of ether oxygens (including phenoxy) is 1. The van der Waals surface area contributed by atoms with Crippen LogP contribution >= 0.6 is 0 Å². The van der Waals surface area contributed by atoms with Gasteiger partial charge in [-0.3, -0.25) is 4.79 Å². The molecule has 0 atom stereocenters. The fourth-order valence-corrected chi connectivity index (χ4v) is 0.920. The van der Waals surface area contributed by atoms with Crippen molar-refractivity contribution < 1.29 is 9.53 Å². The highest BCUT2D eigenvalue weighted by Gasteiger charge is 1.96. The van der Waals surface area contributed by atoms with E-state index >= 15 is 0 Å². The maximum atomic E-state index is 10.7. The van der Waals surface area contributed by atoms with Crippen molar-refractivity contribution in [2.75, 3.05) is 6.61 Å². The third-order valence-corrected chi connectivity index (χ3v) is 1.70. The van der Waals surface area contributed by atoms with Crippen LogP contribution in [0.3, 0.4) is 0 Å². The average molecular weight is 171 g/mol. The summed E-state index contributed by atoms with van der Waals surface area (Å²) in [6.45, 7) is 6.16. The van der Waals surface area contributed by atoms with Crippen LogP contribution in [0.1, 0.15) is 45.4 Å². The molecule has 0 bridgehead atoms. The van der Waals surface area contributed by atoms with Crippen LogP contribution in [0, 0.1) is 6.92 Å². The summed E-state index contributed by atoms with van der Waals surface area (Å²) in [5, 5.41) is 0. The SMILES string of the molecule is [CH2]CCCCCCOC(=O)CC. The van der Waals surface area contributed by atoms with Gasteiger partial charge in [-0.2, -0.15) is 0 Å². The quantitative estimate of drug-likeness (QED) is 0.435. The Kier molecular flexibility index (Phi) is 8.19. The minimum atomic E-state index is -0.0906. The minimum absolute atomic E-state index is 0.0906. The summed E-state index contributed by atoms with van der Waals surface area (Å²) >= 11 is 0. The lowest BCUT2D eigenvalue weighted by atomic mass is 10.2. The highest BCUT2D eigenvalue weighted by Crippen LogP contribution is 2.02. The van der Waals surface area contributed by atoms with Crippen LogP contribution in [0.4, 0.5) is 0 Å². The highest BCUT2D eigenvalue weighted by molar-refractivity contribution is 5.68. The smallest absolute Gasteiger partial charge is 0.305 e. The van der Waals surface area contributed by atoms with E-state index in [0.29, 0.717) is 13.0 Å². The van der Waals surface area contributed by atoms with Gasteiger partial charge in [-0.1, -0.05) is 39.5 Å². The Balaban J connectivity index is 2.95. The lowest BCUT2D eigenvalue weighted by Crippen LogP contribution is -2.03. The van der Waals surface area contributed by atoms with Crippen molar-refractivity contribution in [2.45, 2.75) is 45.4 Å². The third-order valence-electron chi connectivity index (χ3n) is 1.70. The van der Waals surface area contributed by atoms with Gasteiger partial charge in [0.05, 0.1) is 6.61 Å². The van der Waals surface area contributed by atoms with Gasteiger partial charge in [0.2, 0.25) is 0 Å². The second-order valence-corrected chi connectivity index (χ2v) is 2.84. The lowest BCUT2D eigenvalue weighted by molar-refractivity contribution is -0.143. The number of carbonyl (C=O) groups is 1. The van der Waals surface area contributed by atoms with Crippen molar-refractivity contribution in [2.24, 2.45) is 0 Å². The first kappa shape index (κ1) is 11.5. The number of carbonyl (C=O) groups excluding carboxylic acids is 1. The van der Waals surface area contributed by atoms with Crippen molar-refractivity contribution in [3.8, 4) is 0 Å². The molecule has 0 spiro atoms. The van der Waals surface area contributed by atoms with Crippen molar-refractivity contribution in [3.63, 3.8) is 0 Å². The van der Waals surface area contributed by atoms with Crippen molar-refractivity contribution >= 4 is 5.97 Å². The van der Waals surface area contributed by atoms with E-state index in [4.69, 9.17) is 4.74 Å². The first-order chi connectivity index (χ1) is 5.81. The van der Waals surface area contributed by atoms with Gasteiger partial charge >= 0.3 is 5.97 Å². The molecule has 2 nitrogen and oxygen atoms in total. The molecule has 0 fully saturated rings. The number of hydrogen-bond donors (Lipinski definition) is 0. The molecule has 0 aromatic heterocycles. The standard InChI is InChI=1S/C10H19O2/c1-3-5-6-7-8-9-12-10(11)4-2/h1,3-9H2,2H3. The zero-order chi connectivity index (χ0) is 9.23. The molecule has 0 amide bonds. The van der Waals surface area contributed by atoms with E-state index in [1.165, 1.54) is 12.8 Å². The Morgan fingerprint density at radius 3 is 2.50 bits per heavy atom. The third kappa shape index (κ3) is 7.58. The van der Waals surface area contributed by atoms with E-state index in [2.05, 4.69) is 6.92 Å². The summed E-state index contributed by atoms with van der Waals surface area (Å²) in [5.41, 5.74) is 0. The molecule has 2 heteroatoms. The van der Waals surface area contributed by atoms with E-state index < -0.39 is 0 Å². The normalized spacial score (nSPS) is 9.83. The van der Waals surface area contributed by atoms with Crippen molar-refractivity contribution in [1.29, 1.82) is 0 Å². The molecule has 0 heterocycles. The summed E-state index contributed by atoms with van der Waals surface area (Å²) in [4.78, 5) is 10.7. The zero-order valence-corrected chi connectivity index (χ0v) is 7.97. The molecule has 1 radical (unpaired) electrons. The molecule has 0 aliphatic heterocycles. The van der Waals surface area contributed by atoms with Crippen LogP contribution in [0.25, 0.3) is 0 Å². The Labute approximate surface area is 75.3 Å². The minimum Gasteiger partial charge on any atom is -0.466 e. The second-order valence-electron chi connectivity index (χ2n) is 2.84. The first-order valence-electron chi connectivity index (χ1n) is 4.76. The maximum absolute atomic E-state index is 10.7. The van der Waals surface area contributed by atoms with E-state index in [9.17, 15) is 4.79 Å². The van der Waals surface area contributed by atoms with Gasteiger partial charge < -0.3 is 4.74 Å². The summed E-state index contributed by atoms with van der Waals surface area (Å²) in [5.74, 6) is -0.0906. The Morgan fingerprint density at radius 1 is 1.25 bits per heavy atom. The molecule has 0 N–H and O–H groups in total. The van der Waals surface area contributed by atoms with Crippen LogP contribution in [-0.4, -0.2) is 12.6 Å². The molecule has 0 saturated carbocycles. The van der Waals surface area contributed by atoms with Gasteiger partial charge in [-0.05, 0) is 6.42 Å². The maximum Gasteiger partial charge on any atom is 0.305 e. The number of hydrogen-bond acceptors (Lipinski definition) is 2. The molecular weight excluding hydrogens is 152 g/mol. The average Bonchev–Trinajstić information content (AvgIpc) is 2.10. The van der Waals surface area contributed by atoms with Gasteiger partial charge in [-0.15, -0.1) is 0 Å². The summed E-state index contributed by atoms with van der Waals surface area (Å²) in [7, 11) is 0. The van der Waals surface area contributed by atoms with Crippen LogP contribution in [0.15, 0.2) is 0 Å². The molecule has 0 aliphatic rings. The van der Waals surface area contributed by atoms with Crippen LogP contribution in [-0.2, 0) is 9.53 Å². The van der Waals surface area contributed by atoms with E-state index in [1.54, 1.807) is 0 Å². The summed E-state index contributed by atoms with van der Waals surface area (Å²) in [6.07, 6.45) is 6.01. The second kappa shape index (κ2) is 8.57. The van der Waals surface area contributed by atoms with E-state index in [1.807, 2.05) is 6.92 Å². The summed E-state index contributed by atoms with van der Waals surface area (Å²) in [6, 6.07) is 0. The molecule has 0 aromatic rings. The van der Waals surface area contributed by atoms with Gasteiger partial charge in [0.25, 0.3) is 0 Å². The molecule has 0 rings (SSSR count). The van der Waals surface area contributed by atoms with Crippen LogP contribution in [0.5, 0.6) is 0 Å². The van der Waals surface area contributed by atoms with Crippen molar-refractivity contribution in [1.82, 2.24) is 0 Å². The zero-order valence-electron chi connectivity index (χ0n) is 7.97. The fourth-order valence-electron chi connectivity index (χ4n) is 0.920. The van der Waals surface area contributed by atoms with Gasteiger partial charge in [0.15, 0.2) is 0 Å². The number of unbranched alkanes of at least 4 members (excludes halogenated alkanes) is 4. The molecule has 0 aliphatic carbocycles. The molecule has 0 aromatic carbocycles. The van der Waals surface area contributed by atoms with Crippen molar-refractivity contribution in [3.05, 3.63) is 6.92 Å². The largest absolute Gasteiger partial charge is 0.466 e. The Hall–Kier alpha value is -0.530. The molecule has 0 saturated heterocycles. The van der Waals surface area contributed by atoms with Crippen LogP contribution in [0.2, 0.25) is 0 Å². The molecule has 12 heavy (non-hydrogen) atoms. The highest BCUT2D eigenvalue weighted by atomic mass is 16.5. The van der Waals surface area contributed by atoms with Crippen LogP contribution < -0.4 is 0 Å². The fraction of sp³-hybridized carbons (Fsp3) is 0.800. The molecule has 71 valence electrons. The molecular formula is C10H19O2. The monoisotopic (exact) mass is 171 g/mol. The Bertz CT molecular complexity index is 110. The Morgan fingerprint density at radius 2 is 1.92 bits per heavy atom. The van der Waals surface area contributed by atoms with E-state index in [-0.39, 0.29) is 5.97 Å². The molecule has 0 unspecified atom stereocenters. The van der Waals surface area contributed by atoms with Gasteiger partial charge in [-0.25, -0.2) is 0 Å². The number of rotatable bonds is 7. The van der Waals surface area contributed by atoms with Gasteiger partial charge in [0.1, 0.15) is 0 Å². The topological polar surface area (TPSA) is 26.3 Å². The lowest BCUT2D eigenvalue weighted by Gasteiger charge is -2.02. The predicted octanol–water partition coefficient (Wildman–Crippen LogP) is 2.72. The first-order valence-corrected chi connectivity index (χ1v) is 4.76. The van der Waals surface area contributed by atoms with Gasteiger partial charge in [0, 0.05) is 6.42 Å².